The molecule has 0 bridgehead atoms. The average molecular weight is 476 g/mol. The number of nitrogens with one attached hydrogen (secondary N) is 1. The molecule has 9 heteroatoms. The zero-order chi connectivity index (χ0) is 23.9. The fraction of sp³-hybridized carbons (Fsp3) is 0.520. The van der Waals surface area contributed by atoms with E-state index in [-0.39, 0.29) is 36.1 Å². The summed E-state index contributed by atoms with van der Waals surface area (Å²) < 4.78 is 45.4. The van der Waals surface area contributed by atoms with Gasteiger partial charge >= 0.3 is 6.18 Å². The molecule has 6 nitrogen and oxygen atoms in total. The molecule has 0 radical (unpaired) electrons. The van der Waals surface area contributed by atoms with Crippen LogP contribution in [0.1, 0.15) is 53.8 Å². The molecule has 2 unspecified atom stereocenters. The fourth-order valence-electron chi connectivity index (χ4n) is 5.60. The maximum absolute atomic E-state index is 13.4. The number of carbonyl (C=O) groups is 2. The number of benzene rings is 1. The first kappa shape index (κ1) is 22.8. The summed E-state index contributed by atoms with van der Waals surface area (Å²) in [6, 6.07) is 6.81. The van der Waals surface area contributed by atoms with E-state index in [2.05, 4.69) is 5.32 Å². The van der Waals surface area contributed by atoms with Crippen LogP contribution in [0.15, 0.2) is 41.0 Å². The highest BCUT2D eigenvalue weighted by atomic mass is 19.4. The highest BCUT2D eigenvalue weighted by Gasteiger charge is 2.44. The first-order valence-electron chi connectivity index (χ1n) is 11.9. The Bertz CT molecular complexity index is 1050. The Morgan fingerprint density at radius 3 is 2.56 bits per heavy atom. The monoisotopic (exact) mass is 475 g/mol. The number of anilines is 1. The van der Waals surface area contributed by atoms with Crippen LogP contribution >= 0.6 is 0 Å². The normalized spacial score (nSPS) is 23.3. The Hall–Kier alpha value is -2.97. The molecular formula is C25H28F3N3O3. The van der Waals surface area contributed by atoms with E-state index in [1.54, 1.807) is 17.0 Å². The third kappa shape index (κ3) is 4.40. The van der Waals surface area contributed by atoms with Crippen molar-refractivity contribution in [1.82, 2.24) is 10.2 Å². The van der Waals surface area contributed by atoms with Crippen molar-refractivity contribution in [2.24, 2.45) is 5.92 Å². The van der Waals surface area contributed by atoms with Crippen LogP contribution in [-0.4, -0.2) is 48.4 Å². The molecule has 2 amide bonds. The molecule has 0 spiro atoms. The van der Waals surface area contributed by atoms with Crippen molar-refractivity contribution in [2.45, 2.75) is 56.8 Å². The van der Waals surface area contributed by atoms with Crippen LogP contribution in [0.3, 0.4) is 0 Å². The Morgan fingerprint density at radius 1 is 1.06 bits per heavy atom. The zero-order valence-electron chi connectivity index (χ0n) is 18.8. The molecule has 2 aromatic rings. The summed E-state index contributed by atoms with van der Waals surface area (Å²) in [4.78, 5) is 30.0. The molecule has 1 saturated carbocycles. The van der Waals surface area contributed by atoms with Gasteiger partial charge in [0.15, 0.2) is 5.76 Å². The number of nitrogens with zero attached hydrogens (tertiary/aromatic N) is 2. The summed E-state index contributed by atoms with van der Waals surface area (Å²) in [7, 11) is 0. The molecule has 3 aliphatic rings. The summed E-state index contributed by atoms with van der Waals surface area (Å²) in [5, 5.41) is 3.16. The van der Waals surface area contributed by atoms with E-state index in [1.807, 2.05) is 4.90 Å². The van der Waals surface area contributed by atoms with Gasteiger partial charge in [-0.05, 0) is 55.2 Å². The van der Waals surface area contributed by atoms with Gasteiger partial charge in [0, 0.05) is 31.4 Å². The summed E-state index contributed by atoms with van der Waals surface area (Å²) in [6.45, 7) is 1.14. The molecule has 34 heavy (non-hydrogen) atoms. The maximum Gasteiger partial charge on any atom is 0.416 e. The van der Waals surface area contributed by atoms with E-state index in [9.17, 15) is 22.8 Å². The lowest BCUT2D eigenvalue weighted by molar-refractivity contribution is -0.137. The second-order valence-corrected chi connectivity index (χ2v) is 9.48. The van der Waals surface area contributed by atoms with Crippen LogP contribution in [0.5, 0.6) is 0 Å². The molecule has 1 saturated heterocycles. The lowest BCUT2D eigenvalue weighted by atomic mass is 9.82. The van der Waals surface area contributed by atoms with Gasteiger partial charge in [-0.15, -0.1) is 0 Å². The summed E-state index contributed by atoms with van der Waals surface area (Å²) in [5.41, 5.74) is 0.535. The second kappa shape index (κ2) is 9.00. The Morgan fingerprint density at radius 2 is 1.85 bits per heavy atom. The maximum atomic E-state index is 13.4. The number of piperazine rings is 1. The number of amides is 2. The molecule has 3 heterocycles. The van der Waals surface area contributed by atoms with Crippen LogP contribution in [0.2, 0.25) is 0 Å². The Balaban J connectivity index is 1.44. The smallest absolute Gasteiger partial charge is 0.416 e. The minimum atomic E-state index is -4.44. The van der Waals surface area contributed by atoms with Crippen molar-refractivity contribution in [1.29, 1.82) is 0 Å². The number of alkyl halides is 3. The van der Waals surface area contributed by atoms with Gasteiger partial charge < -0.3 is 19.5 Å². The van der Waals surface area contributed by atoms with Crippen LogP contribution in [0, 0.1) is 5.92 Å². The highest BCUT2D eigenvalue weighted by Crippen LogP contribution is 2.40. The largest absolute Gasteiger partial charge is 0.459 e. The molecule has 1 aromatic carbocycles. The summed E-state index contributed by atoms with van der Waals surface area (Å²) in [5.74, 6) is -0.695. The van der Waals surface area contributed by atoms with Crippen LogP contribution in [-0.2, 0) is 17.4 Å². The first-order valence-corrected chi connectivity index (χ1v) is 11.9. The fourth-order valence-corrected chi connectivity index (χ4v) is 5.60. The molecule has 1 aromatic heterocycles. The summed E-state index contributed by atoms with van der Waals surface area (Å²) >= 11 is 0. The Kier molecular flexibility index (Phi) is 6.04. The van der Waals surface area contributed by atoms with E-state index in [4.69, 9.17) is 4.42 Å². The van der Waals surface area contributed by atoms with Crippen molar-refractivity contribution in [3.8, 4) is 0 Å². The molecule has 2 aliphatic heterocycles. The van der Waals surface area contributed by atoms with Crippen molar-refractivity contribution in [3.05, 3.63) is 53.5 Å². The molecule has 2 fully saturated rings. The summed E-state index contributed by atoms with van der Waals surface area (Å²) in [6.07, 6.45) is 2.34. The minimum Gasteiger partial charge on any atom is -0.459 e. The number of hydrogen-bond donors (Lipinski definition) is 1. The van der Waals surface area contributed by atoms with Gasteiger partial charge in [0.05, 0.1) is 23.8 Å². The van der Waals surface area contributed by atoms with Crippen LogP contribution in [0.4, 0.5) is 18.9 Å². The predicted octanol–water partition coefficient (Wildman–Crippen LogP) is 4.25. The number of fused-ring (bicyclic) bond motifs is 3. The predicted molar refractivity (Wildman–Crippen MR) is 119 cm³/mol. The van der Waals surface area contributed by atoms with Crippen molar-refractivity contribution < 1.29 is 27.2 Å². The number of rotatable bonds is 3. The van der Waals surface area contributed by atoms with Gasteiger partial charge in [-0.3, -0.25) is 9.59 Å². The SMILES string of the molecule is O=C(NC1CCCCC1)C1Cc2cc(C(F)(F)F)ccc2N2CCN(C(=O)c3ccco3)CC12. The van der Waals surface area contributed by atoms with E-state index < -0.39 is 17.7 Å². The first-order chi connectivity index (χ1) is 16.3. The van der Waals surface area contributed by atoms with Gasteiger partial charge in [0.2, 0.25) is 5.91 Å². The van der Waals surface area contributed by atoms with Crippen molar-refractivity contribution >= 4 is 17.5 Å². The molecule has 1 aliphatic carbocycles. The zero-order valence-corrected chi connectivity index (χ0v) is 18.8. The third-order valence-electron chi connectivity index (χ3n) is 7.35. The average Bonchev–Trinajstić information content (AvgIpc) is 3.37. The number of halogens is 3. The molecule has 5 rings (SSSR count). The lowest BCUT2D eigenvalue weighted by Crippen LogP contribution is -2.62. The number of furan rings is 1. The van der Waals surface area contributed by atoms with E-state index in [1.165, 1.54) is 18.4 Å². The molecule has 1 N–H and O–H groups in total. The molecular weight excluding hydrogens is 447 g/mol. The lowest BCUT2D eigenvalue weighted by Gasteiger charge is -2.49. The highest BCUT2D eigenvalue weighted by molar-refractivity contribution is 5.92. The number of carbonyl (C=O) groups excluding carboxylic acids is 2. The van der Waals surface area contributed by atoms with Crippen LogP contribution in [0.25, 0.3) is 0 Å². The van der Waals surface area contributed by atoms with Crippen molar-refractivity contribution in [3.63, 3.8) is 0 Å². The van der Waals surface area contributed by atoms with Crippen LogP contribution < -0.4 is 10.2 Å². The van der Waals surface area contributed by atoms with Crippen molar-refractivity contribution in [2.75, 3.05) is 24.5 Å². The molecule has 2 atom stereocenters. The van der Waals surface area contributed by atoms with Gasteiger partial charge in [-0.2, -0.15) is 13.2 Å². The minimum absolute atomic E-state index is 0.0991. The Labute approximate surface area is 196 Å². The van der Waals surface area contributed by atoms with Gasteiger partial charge in [-0.1, -0.05) is 19.3 Å². The quantitative estimate of drug-likeness (QED) is 0.721. The second-order valence-electron chi connectivity index (χ2n) is 9.48. The van der Waals surface area contributed by atoms with Gasteiger partial charge in [-0.25, -0.2) is 0 Å². The van der Waals surface area contributed by atoms with Gasteiger partial charge in [0.1, 0.15) is 0 Å². The van der Waals surface area contributed by atoms with E-state index >= 15 is 0 Å². The van der Waals surface area contributed by atoms with E-state index in [0.717, 1.165) is 38.2 Å². The van der Waals surface area contributed by atoms with Gasteiger partial charge in [0.25, 0.3) is 5.91 Å². The topological polar surface area (TPSA) is 65.8 Å². The van der Waals surface area contributed by atoms with E-state index in [0.29, 0.717) is 30.9 Å². The number of hydrogen-bond acceptors (Lipinski definition) is 4. The standard InChI is InChI=1S/C25H28F3N3O3/c26-25(27,28)17-8-9-20-16(13-17)14-19(23(32)29-18-5-2-1-3-6-18)21-15-30(10-11-31(20)21)24(33)22-7-4-12-34-22/h4,7-9,12-13,18-19,21H,1-3,5-6,10-11,14-15H2,(H,29,32). The molecule has 182 valence electrons. The third-order valence-corrected chi connectivity index (χ3v) is 7.35.